The number of aryl methyl sites for hydroxylation is 1. The quantitative estimate of drug-likeness (QED) is 0.819. The number of methoxy groups -OCH3 is 1. The fourth-order valence-corrected chi connectivity index (χ4v) is 2.28. The van der Waals surface area contributed by atoms with Crippen LogP contribution in [0, 0.1) is 0 Å². The van der Waals surface area contributed by atoms with Crippen molar-refractivity contribution in [2.45, 2.75) is 32.9 Å². The van der Waals surface area contributed by atoms with Gasteiger partial charge in [0.25, 0.3) is 0 Å². The van der Waals surface area contributed by atoms with Crippen LogP contribution in [0.5, 0.6) is 0 Å². The minimum absolute atomic E-state index is 0.136. The van der Waals surface area contributed by atoms with Crippen molar-refractivity contribution in [1.29, 1.82) is 0 Å². The van der Waals surface area contributed by atoms with Gasteiger partial charge in [-0.1, -0.05) is 42.8 Å². The van der Waals surface area contributed by atoms with Crippen LogP contribution in [0.3, 0.4) is 0 Å². The first-order valence-electron chi connectivity index (χ1n) is 7.00. The number of benzene rings is 1. The van der Waals surface area contributed by atoms with Crippen LogP contribution in [-0.4, -0.2) is 17.1 Å². The van der Waals surface area contributed by atoms with Crippen molar-refractivity contribution in [2.24, 2.45) is 0 Å². The molecule has 1 aromatic carbocycles. The second kappa shape index (κ2) is 7.38. The summed E-state index contributed by atoms with van der Waals surface area (Å²) in [6.07, 6.45) is 1.05. The fourth-order valence-electron chi connectivity index (χ4n) is 2.08. The molecule has 21 heavy (non-hydrogen) atoms. The van der Waals surface area contributed by atoms with E-state index in [1.165, 1.54) is 11.1 Å². The number of nitrogens with zero attached hydrogens (tertiary/aromatic N) is 2. The smallest absolute Gasteiger partial charge is 0.158 e. The molecule has 0 aliphatic heterocycles. The number of hydrogen-bond acceptors (Lipinski definition) is 4. The third-order valence-corrected chi connectivity index (χ3v) is 3.46. The topological polar surface area (TPSA) is 47.0 Å². The van der Waals surface area contributed by atoms with Crippen LogP contribution >= 0.6 is 11.6 Å². The van der Waals surface area contributed by atoms with Crippen molar-refractivity contribution in [3.8, 4) is 0 Å². The predicted octanol–water partition coefficient (Wildman–Crippen LogP) is 4.01. The summed E-state index contributed by atoms with van der Waals surface area (Å²) in [5.74, 6) is 1.27. The van der Waals surface area contributed by atoms with Gasteiger partial charge in [0.2, 0.25) is 0 Å². The molecule has 1 aromatic heterocycles. The van der Waals surface area contributed by atoms with Gasteiger partial charge in [0.15, 0.2) is 5.82 Å². The van der Waals surface area contributed by atoms with Crippen LogP contribution in [-0.2, 0) is 17.8 Å². The van der Waals surface area contributed by atoms with E-state index >= 15 is 0 Å². The molecule has 1 heterocycles. The van der Waals surface area contributed by atoms with E-state index in [4.69, 9.17) is 16.3 Å². The number of anilines is 1. The Labute approximate surface area is 130 Å². The van der Waals surface area contributed by atoms with Crippen LogP contribution < -0.4 is 5.32 Å². The van der Waals surface area contributed by atoms with Gasteiger partial charge in [-0.25, -0.2) is 9.97 Å². The Morgan fingerprint density at radius 1 is 1.24 bits per heavy atom. The lowest BCUT2D eigenvalue weighted by molar-refractivity contribution is 0.178. The van der Waals surface area contributed by atoms with Crippen molar-refractivity contribution < 1.29 is 4.74 Å². The minimum atomic E-state index is 0.136. The van der Waals surface area contributed by atoms with Crippen LogP contribution in [0.1, 0.15) is 36.8 Å². The van der Waals surface area contributed by atoms with Crippen LogP contribution in [0.4, 0.5) is 5.82 Å². The van der Waals surface area contributed by atoms with Crippen LogP contribution in [0.15, 0.2) is 30.3 Å². The molecule has 0 spiro atoms. The first-order chi connectivity index (χ1) is 10.1. The second-order valence-electron chi connectivity index (χ2n) is 4.89. The lowest BCUT2D eigenvalue weighted by atomic mass is 10.1. The summed E-state index contributed by atoms with van der Waals surface area (Å²) in [6.45, 7) is 4.58. The van der Waals surface area contributed by atoms with Gasteiger partial charge in [-0.15, -0.1) is 0 Å². The predicted molar refractivity (Wildman–Crippen MR) is 85.6 cm³/mol. The highest BCUT2D eigenvalue weighted by Crippen LogP contribution is 2.20. The Morgan fingerprint density at radius 2 is 1.95 bits per heavy atom. The van der Waals surface area contributed by atoms with E-state index < -0.39 is 0 Å². The SMILES string of the molecule is CCc1ccc(C(C)Nc2cc(Cl)nc(COC)n2)cc1. The zero-order valence-corrected chi connectivity index (χ0v) is 13.3. The molecule has 0 aliphatic carbocycles. The number of nitrogens with one attached hydrogen (secondary N) is 1. The molecule has 0 bridgehead atoms. The molecule has 2 rings (SSSR count). The number of ether oxygens (including phenoxy) is 1. The van der Waals surface area contributed by atoms with Crippen LogP contribution in [0.25, 0.3) is 0 Å². The van der Waals surface area contributed by atoms with Gasteiger partial charge in [-0.2, -0.15) is 0 Å². The second-order valence-corrected chi connectivity index (χ2v) is 5.27. The Kier molecular flexibility index (Phi) is 5.53. The summed E-state index contributed by atoms with van der Waals surface area (Å²) in [7, 11) is 1.61. The van der Waals surface area contributed by atoms with Crippen molar-refractivity contribution in [2.75, 3.05) is 12.4 Å². The van der Waals surface area contributed by atoms with Crippen molar-refractivity contribution in [3.05, 3.63) is 52.4 Å². The van der Waals surface area contributed by atoms with E-state index in [2.05, 4.69) is 53.4 Å². The molecular weight excluding hydrogens is 286 g/mol. The zero-order chi connectivity index (χ0) is 15.2. The van der Waals surface area contributed by atoms with E-state index in [1.807, 2.05) is 0 Å². The van der Waals surface area contributed by atoms with Gasteiger partial charge in [0.05, 0.1) is 0 Å². The van der Waals surface area contributed by atoms with E-state index in [1.54, 1.807) is 13.2 Å². The first-order valence-corrected chi connectivity index (χ1v) is 7.38. The lowest BCUT2D eigenvalue weighted by Gasteiger charge is -2.16. The minimum Gasteiger partial charge on any atom is -0.377 e. The zero-order valence-electron chi connectivity index (χ0n) is 12.6. The Morgan fingerprint density at radius 3 is 2.57 bits per heavy atom. The average molecular weight is 306 g/mol. The summed E-state index contributed by atoms with van der Waals surface area (Å²) < 4.78 is 5.04. The van der Waals surface area contributed by atoms with Gasteiger partial charge in [0, 0.05) is 19.2 Å². The summed E-state index contributed by atoms with van der Waals surface area (Å²) in [4.78, 5) is 8.51. The monoisotopic (exact) mass is 305 g/mol. The van der Waals surface area contributed by atoms with Crippen LogP contribution in [0.2, 0.25) is 5.15 Å². The molecule has 0 radical (unpaired) electrons. The number of halogens is 1. The Balaban J connectivity index is 2.12. The normalized spacial score (nSPS) is 12.2. The van der Waals surface area contributed by atoms with E-state index in [0.29, 0.717) is 23.4 Å². The number of hydrogen-bond donors (Lipinski definition) is 1. The van der Waals surface area contributed by atoms with Gasteiger partial charge in [-0.3, -0.25) is 0 Å². The highest BCUT2D eigenvalue weighted by Gasteiger charge is 2.08. The van der Waals surface area contributed by atoms with Gasteiger partial charge in [-0.05, 0) is 24.5 Å². The fraction of sp³-hybridized carbons (Fsp3) is 0.375. The molecule has 112 valence electrons. The first kappa shape index (κ1) is 15.7. The number of rotatable bonds is 6. The van der Waals surface area contributed by atoms with Crippen molar-refractivity contribution in [1.82, 2.24) is 9.97 Å². The molecule has 0 aliphatic rings. The molecule has 5 heteroatoms. The molecule has 1 unspecified atom stereocenters. The van der Waals surface area contributed by atoms with Gasteiger partial charge >= 0.3 is 0 Å². The molecule has 0 fully saturated rings. The molecular formula is C16H20ClN3O. The standard InChI is InChI=1S/C16H20ClN3O/c1-4-12-5-7-13(8-6-12)11(2)18-15-9-14(17)19-16(20-15)10-21-3/h5-9,11H,4,10H2,1-3H3,(H,18,19,20). The molecule has 0 amide bonds. The Bertz CT molecular complexity index is 587. The highest BCUT2D eigenvalue weighted by molar-refractivity contribution is 6.29. The average Bonchev–Trinajstić information content (AvgIpc) is 2.47. The maximum absolute atomic E-state index is 6.01. The molecule has 2 aromatic rings. The molecule has 1 N–H and O–H groups in total. The van der Waals surface area contributed by atoms with Gasteiger partial charge < -0.3 is 10.1 Å². The van der Waals surface area contributed by atoms with E-state index in [-0.39, 0.29) is 6.04 Å². The molecule has 0 saturated carbocycles. The largest absolute Gasteiger partial charge is 0.377 e. The summed E-state index contributed by atoms with van der Waals surface area (Å²) in [5.41, 5.74) is 2.54. The summed E-state index contributed by atoms with van der Waals surface area (Å²) in [5, 5.41) is 3.75. The van der Waals surface area contributed by atoms with E-state index in [0.717, 1.165) is 6.42 Å². The maximum atomic E-state index is 6.01. The van der Waals surface area contributed by atoms with E-state index in [9.17, 15) is 0 Å². The lowest BCUT2D eigenvalue weighted by Crippen LogP contribution is -2.10. The van der Waals surface area contributed by atoms with Crippen molar-refractivity contribution in [3.63, 3.8) is 0 Å². The third-order valence-electron chi connectivity index (χ3n) is 3.27. The molecule has 1 atom stereocenters. The summed E-state index contributed by atoms with van der Waals surface area (Å²) in [6, 6.07) is 10.4. The Hall–Kier alpha value is -1.65. The third kappa shape index (κ3) is 4.41. The summed E-state index contributed by atoms with van der Waals surface area (Å²) >= 11 is 6.01. The maximum Gasteiger partial charge on any atom is 0.158 e. The van der Waals surface area contributed by atoms with Crippen molar-refractivity contribution >= 4 is 17.4 Å². The number of aromatic nitrogens is 2. The molecule has 4 nitrogen and oxygen atoms in total. The van der Waals surface area contributed by atoms with Gasteiger partial charge in [0.1, 0.15) is 17.6 Å². The highest BCUT2D eigenvalue weighted by atomic mass is 35.5. The molecule has 0 saturated heterocycles.